The van der Waals surface area contributed by atoms with Crippen LogP contribution in [-0.4, -0.2) is 40.1 Å². The summed E-state index contributed by atoms with van der Waals surface area (Å²) in [4.78, 5) is 17.7. The number of rotatable bonds is 4. The molecule has 0 bridgehead atoms. The number of fused-ring (bicyclic) bond motifs is 1. The average molecular weight is 299 g/mol. The number of amides is 1. The number of carbonyl (C=O) groups is 1. The molecule has 1 fully saturated rings. The van der Waals surface area contributed by atoms with Crippen LogP contribution in [0.3, 0.4) is 0 Å². The van der Waals surface area contributed by atoms with Crippen LogP contribution in [0.5, 0.6) is 0 Å². The molecule has 1 aromatic carbocycles. The second kappa shape index (κ2) is 6.42. The molecule has 1 atom stereocenters. The van der Waals surface area contributed by atoms with Gasteiger partial charge in [-0.25, -0.2) is 0 Å². The first kappa shape index (κ1) is 14.9. The normalized spacial score (nSPS) is 18.4. The van der Waals surface area contributed by atoms with Gasteiger partial charge in [-0.1, -0.05) is 12.1 Å². The number of nitrogens with zero attached hydrogens (tertiary/aromatic N) is 2. The minimum Gasteiger partial charge on any atom is -0.383 e. The number of pyridine rings is 1. The highest BCUT2D eigenvalue weighted by Gasteiger charge is 2.28. The van der Waals surface area contributed by atoms with Crippen LogP contribution in [-0.2, 0) is 11.3 Å². The minimum atomic E-state index is -1.01. The van der Waals surface area contributed by atoms with E-state index in [4.69, 9.17) is 5.73 Å². The zero-order chi connectivity index (χ0) is 15.5. The number of primary amides is 1. The van der Waals surface area contributed by atoms with Gasteiger partial charge in [0.25, 0.3) is 0 Å². The molecule has 0 radical (unpaired) electrons. The van der Waals surface area contributed by atoms with Crippen LogP contribution in [0.1, 0.15) is 18.4 Å². The fourth-order valence-electron chi connectivity index (χ4n) is 3.14. The van der Waals surface area contributed by atoms with Gasteiger partial charge in [0.1, 0.15) is 6.10 Å². The smallest absolute Gasteiger partial charge is 0.246 e. The lowest BCUT2D eigenvalue weighted by atomic mass is 9.90. The van der Waals surface area contributed by atoms with Gasteiger partial charge in [0.05, 0.1) is 5.52 Å². The number of aliphatic hydroxyl groups excluding tert-OH is 1. The van der Waals surface area contributed by atoms with E-state index >= 15 is 0 Å². The number of likely N-dealkylation sites (tertiary alicyclic amines) is 1. The Balaban J connectivity index is 1.61. The van der Waals surface area contributed by atoms with Crippen LogP contribution in [0, 0.1) is 5.92 Å². The van der Waals surface area contributed by atoms with E-state index < -0.39 is 12.0 Å². The second-order valence-corrected chi connectivity index (χ2v) is 5.99. The monoisotopic (exact) mass is 299 g/mol. The van der Waals surface area contributed by atoms with E-state index in [1.54, 1.807) is 6.20 Å². The largest absolute Gasteiger partial charge is 0.383 e. The Hall–Kier alpha value is -1.98. The summed E-state index contributed by atoms with van der Waals surface area (Å²) in [6, 6.07) is 10.4. The molecule has 5 nitrogen and oxygen atoms in total. The van der Waals surface area contributed by atoms with Gasteiger partial charge in [-0.05, 0) is 55.6 Å². The Morgan fingerprint density at radius 1 is 1.36 bits per heavy atom. The van der Waals surface area contributed by atoms with E-state index in [1.807, 2.05) is 12.1 Å². The first-order valence-corrected chi connectivity index (χ1v) is 7.67. The van der Waals surface area contributed by atoms with Crippen molar-refractivity contribution in [3.63, 3.8) is 0 Å². The summed E-state index contributed by atoms with van der Waals surface area (Å²) >= 11 is 0. The zero-order valence-electron chi connectivity index (χ0n) is 12.5. The molecule has 2 heterocycles. The predicted octanol–water partition coefficient (Wildman–Crippen LogP) is 1.29. The maximum atomic E-state index is 11.0. The van der Waals surface area contributed by atoms with Crippen molar-refractivity contribution in [2.45, 2.75) is 25.5 Å². The first-order valence-electron chi connectivity index (χ1n) is 7.67. The van der Waals surface area contributed by atoms with E-state index in [0.717, 1.165) is 43.4 Å². The molecule has 116 valence electrons. The number of benzene rings is 1. The molecule has 1 aromatic heterocycles. The highest BCUT2D eigenvalue weighted by molar-refractivity contribution is 5.79. The molecular formula is C17H21N3O2. The van der Waals surface area contributed by atoms with Gasteiger partial charge < -0.3 is 10.8 Å². The molecule has 0 aliphatic carbocycles. The zero-order valence-corrected chi connectivity index (χ0v) is 12.5. The molecule has 1 aliphatic heterocycles. The quantitative estimate of drug-likeness (QED) is 0.891. The Morgan fingerprint density at radius 3 is 2.86 bits per heavy atom. The molecule has 0 saturated carbocycles. The third-order valence-electron chi connectivity index (χ3n) is 4.44. The molecule has 3 rings (SSSR count). The Morgan fingerprint density at radius 2 is 2.14 bits per heavy atom. The lowest BCUT2D eigenvalue weighted by Crippen LogP contribution is -2.42. The lowest BCUT2D eigenvalue weighted by Gasteiger charge is -2.33. The van der Waals surface area contributed by atoms with Crippen molar-refractivity contribution in [1.29, 1.82) is 0 Å². The van der Waals surface area contributed by atoms with E-state index in [0.29, 0.717) is 0 Å². The van der Waals surface area contributed by atoms with Gasteiger partial charge >= 0.3 is 0 Å². The minimum absolute atomic E-state index is 0.00504. The number of aromatic nitrogens is 1. The highest BCUT2D eigenvalue weighted by atomic mass is 16.3. The van der Waals surface area contributed by atoms with Gasteiger partial charge in [-0.2, -0.15) is 0 Å². The number of hydrogen-bond donors (Lipinski definition) is 2. The lowest BCUT2D eigenvalue weighted by molar-refractivity contribution is -0.129. The number of nitrogens with two attached hydrogens (primary N) is 1. The first-order chi connectivity index (χ1) is 10.6. The van der Waals surface area contributed by atoms with Crippen LogP contribution in [0.25, 0.3) is 10.9 Å². The van der Waals surface area contributed by atoms with Crippen molar-refractivity contribution in [3.05, 3.63) is 42.1 Å². The number of aliphatic hydroxyl groups is 1. The van der Waals surface area contributed by atoms with Crippen LogP contribution in [0.4, 0.5) is 0 Å². The average Bonchev–Trinajstić information content (AvgIpc) is 2.55. The number of carbonyl (C=O) groups excluding carboxylic acids is 1. The summed E-state index contributed by atoms with van der Waals surface area (Å²) < 4.78 is 0. The standard InChI is InChI=1S/C17H21N3O2/c18-17(22)16(21)13-5-8-20(9-6-13)11-12-3-4-15-14(10-12)2-1-7-19-15/h1-4,7,10,13,16,21H,5-6,8-9,11H2,(H2,18,22)/t16-/m0/s1. The summed E-state index contributed by atoms with van der Waals surface area (Å²) in [5, 5.41) is 10.9. The van der Waals surface area contributed by atoms with E-state index in [1.165, 1.54) is 5.56 Å². The van der Waals surface area contributed by atoms with Crippen LogP contribution in [0.15, 0.2) is 36.5 Å². The van der Waals surface area contributed by atoms with Crippen molar-refractivity contribution >= 4 is 16.8 Å². The van der Waals surface area contributed by atoms with Crippen molar-refractivity contribution < 1.29 is 9.90 Å². The molecule has 1 saturated heterocycles. The molecule has 0 unspecified atom stereocenters. The molecule has 2 aromatic rings. The SMILES string of the molecule is NC(=O)[C@@H](O)C1CCN(Cc2ccc3ncccc3c2)CC1. The molecule has 1 aliphatic rings. The maximum absolute atomic E-state index is 11.0. The van der Waals surface area contributed by atoms with Gasteiger partial charge in [-0.15, -0.1) is 0 Å². The van der Waals surface area contributed by atoms with Crippen LogP contribution >= 0.6 is 0 Å². The van der Waals surface area contributed by atoms with E-state index in [-0.39, 0.29) is 5.92 Å². The molecule has 22 heavy (non-hydrogen) atoms. The fourth-order valence-corrected chi connectivity index (χ4v) is 3.14. The molecule has 5 heteroatoms. The Kier molecular flexibility index (Phi) is 4.36. The summed E-state index contributed by atoms with van der Waals surface area (Å²) in [6.07, 6.45) is 2.41. The van der Waals surface area contributed by atoms with E-state index in [9.17, 15) is 9.90 Å². The van der Waals surface area contributed by atoms with Crippen LogP contribution in [0.2, 0.25) is 0 Å². The maximum Gasteiger partial charge on any atom is 0.246 e. The predicted molar refractivity (Wildman–Crippen MR) is 84.9 cm³/mol. The van der Waals surface area contributed by atoms with Crippen LogP contribution < -0.4 is 5.73 Å². The molecule has 3 N–H and O–H groups in total. The summed E-state index contributed by atoms with van der Waals surface area (Å²) in [5.41, 5.74) is 7.44. The summed E-state index contributed by atoms with van der Waals surface area (Å²) in [5.74, 6) is -0.616. The summed E-state index contributed by atoms with van der Waals surface area (Å²) in [6.45, 7) is 2.63. The molecule has 0 spiro atoms. The van der Waals surface area contributed by atoms with Crippen molar-refractivity contribution in [2.75, 3.05) is 13.1 Å². The second-order valence-electron chi connectivity index (χ2n) is 5.99. The van der Waals surface area contributed by atoms with Crippen molar-refractivity contribution in [2.24, 2.45) is 11.7 Å². The fraction of sp³-hybridized carbons (Fsp3) is 0.412. The number of piperidine rings is 1. The topological polar surface area (TPSA) is 79.5 Å². The van der Waals surface area contributed by atoms with Gasteiger partial charge in [0.15, 0.2) is 0 Å². The molecular weight excluding hydrogens is 278 g/mol. The van der Waals surface area contributed by atoms with E-state index in [2.05, 4.69) is 28.1 Å². The third kappa shape index (κ3) is 3.26. The Labute approximate surface area is 129 Å². The van der Waals surface area contributed by atoms with Gasteiger partial charge in [0.2, 0.25) is 5.91 Å². The van der Waals surface area contributed by atoms with Crippen molar-refractivity contribution in [1.82, 2.24) is 9.88 Å². The molecule has 1 amide bonds. The summed E-state index contributed by atoms with van der Waals surface area (Å²) in [7, 11) is 0. The highest BCUT2D eigenvalue weighted by Crippen LogP contribution is 2.23. The number of hydrogen-bond acceptors (Lipinski definition) is 4. The van der Waals surface area contributed by atoms with Gasteiger partial charge in [0, 0.05) is 18.1 Å². The van der Waals surface area contributed by atoms with Gasteiger partial charge in [-0.3, -0.25) is 14.7 Å². The van der Waals surface area contributed by atoms with Crippen molar-refractivity contribution in [3.8, 4) is 0 Å². The Bertz CT molecular complexity index is 666. The third-order valence-corrected chi connectivity index (χ3v) is 4.44.